The highest BCUT2D eigenvalue weighted by atomic mass is 16.3. The Kier molecular flexibility index (Phi) is 4.06. The number of aliphatic hydroxyl groups is 3. The SMILES string of the molecule is C=C[C@]1(C)C[C@@H](O)[C@]2(C)[C@H](C)C[C@@H](O)[C@]3(CCC(=O)[C@H]23)[C@@H](C)[C@@H]1O. The third-order valence-electron chi connectivity index (χ3n) is 8.36. The molecule has 0 radical (unpaired) electrons. The molecule has 0 aromatic rings. The van der Waals surface area contributed by atoms with Crippen LogP contribution in [0.2, 0.25) is 0 Å². The maximum absolute atomic E-state index is 12.9. The summed E-state index contributed by atoms with van der Waals surface area (Å²) in [6.45, 7) is 11.8. The first-order valence-electron chi connectivity index (χ1n) is 9.26. The summed E-state index contributed by atoms with van der Waals surface area (Å²) in [4.78, 5) is 12.9. The van der Waals surface area contributed by atoms with E-state index in [0.29, 0.717) is 25.7 Å². The molecule has 0 saturated heterocycles. The molecule has 3 saturated carbocycles. The summed E-state index contributed by atoms with van der Waals surface area (Å²) in [5.74, 6) is -0.438. The first-order chi connectivity index (χ1) is 11.1. The van der Waals surface area contributed by atoms with Crippen LogP contribution in [0.3, 0.4) is 0 Å². The van der Waals surface area contributed by atoms with E-state index in [4.69, 9.17) is 0 Å². The molecule has 3 fully saturated rings. The van der Waals surface area contributed by atoms with Crippen LogP contribution in [-0.2, 0) is 4.79 Å². The van der Waals surface area contributed by atoms with Gasteiger partial charge in [-0.1, -0.05) is 33.8 Å². The number of aliphatic hydroxyl groups excluding tert-OH is 3. The van der Waals surface area contributed by atoms with Gasteiger partial charge in [-0.05, 0) is 31.1 Å². The van der Waals surface area contributed by atoms with Gasteiger partial charge in [0.15, 0.2) is 0 Å². The molecule has 0 aromatic carbocycles. The highest BCUT2D eigenvalue weighted by molar-refractivity contribution is 5.85. The fourth-order valence-electron chi connectivity index (χ4n) is 6.45. The van der Waals surface area contributed by atoms with E-state index in [1.165, 1.54) is 0 Å². The van der Waals surface area contributed by atoms with Gasteiger partial charge in [0, 0.05) is 28.6 Å². The van der Waals surface area contributed by atoms with E-state index in [1.54, 1.807) is 6.08 Å². The molecule has 0 aromatic heterocycles. The summed E-state index contributed by atoms with van der Waals surface area (Å²) in [5.41, 5.74) is -1.87. The van der Waals surface area contributed by atoms with Crippen LogP contribution >= 0.6 is 0 Å². The number of rotatable bonds is 1. The van der Waals surface area contributed by atoms with Gasteiger partial charge in [-0.15, -0.1) is 6.58 Å². The van der Waals surface area contributed by atoms with E-state index in [1.807, 2.05) is 27.7 Å². The minimum absolute atomic E-state index is 0.0409. The van der Waals surface area contributed by atoms with Gasteiger partial charge in [0.05, 0.1) is 18.3 Å². The number of ketones is 1. The number of carbonyl (C=O) groups excluding carboxylic acids is 1. The molecule has 136 valence electrons. The highest BCUT2D eigenvalue weighted by Crippen LogP contribution is 2.67. The molecule has 4 nitrogen and oxygen atoms in total. The smallest absolute Gasteiger partial charge is 0.137 e. The zero-order chi connectivity index (χ0) is 18.1. The Morgan fingerprint density at radius 2 is 1.79 bits per heavy atom. The van der Waals surface area contributed by atoms with E-state index < -0.39 is 40.5 Å². The third-order valence-corrected chi connectivity index (χ3v) is 8.36. The molecule has 0 spiro atoms. The number of Topliss-reactive ketones (excluding diaryl/α,β-unsaturated/α-hetero) is 1. The standard InChI is InChI=1S/C20H32O4/c1-6-18(4)10-15(23)19(5)11(2)9-14(22)20(12(3)17(18)24)8-7-13(21)16(19)20/h6,11-12,14-17,22-24H,1,7-10H2,2-5H3/t11-,12+,14-,15-,16-,17+,18-,19+,20+/m1/s1. The summed E-state index contributed by atoms with van der Waals surface area (Å²) in [7, 11) is 0. The first kappa shape index (κ1) is 18.1. The molecule has 2 bridgehead atoms. The lowest BCUT2D eigenvalue weighted by Gasteiger charge is -2.63. The summed E-state index contributed by atoms with van der Waals surface area (Å²) < 4.78 is 0. The molecule has 0 unspecified atom stereocenters. The fraction of sp³-hybridized carbons (Fsp3) is 0.850. The van der Waals surface area contributed by atoms with Crippen LogP contribution in [0.1, 0.15) is 53.4 Å². The van der Waals surface area contributed by atoms with Crippen molar-refractivity contribution in [3.63, 3.8) is 0 Å². The lowest BCUT2D eigenvalue weighted by molar-refractivity contribution is -0.225. The average molecular weight is 336 g/mol. The second-order valence-corrected chi connectivity index (χ2v) is 9.19. The minimum Gasteiger partial charge on any atom is -0.393 e. The zero-order valence-electron chi connectivity index (χ0n) is 15.3. The molecule has 0 heterocycles. The predicted molar refractivity (Wildman–Crippen MR) is 92.2 cm³/mol. The molecule has 24 heavy (non-hydrogen) atoms. The van der Waals surface area contributed by atoms with Gasteiger partial charge < -0.3 is 15.3 Å². The molecular formula is C20H32O4. The Bertz CT molecular complexity index is 560. The molecule has 0 amide bonds. The normalized spacial score (nSPS) is 57.9. The van der Waals surface area contributed by atoms with Crippen molar-refractivity contribution in [2.45, 2.75) is 71.7 Å². The Balaban J connectivity index is 2.25. The fourth-order valence-corrected chi connectivity index (χ4v) is 6.45. The second kappa shape index (κ2) is 5.39. The number of hydrogen-bond acceptors (Lipinski definition) is 4. The molecule has 3 aliphatic carbocycles. The Hall–Kier alpha value is -0.710. The van der Waals surface area contributed by atoms with Gasteiger partial charge in [-0.2, -0.15) is 0 Å². The van der Waals surface area contributed by atoms with E-state index in [0.717, 1.165) is 0 Å². The van der Waals surface area contributed by atoms with Crippen molar-refractivity contribution in [3.8, 4) is 0 Å². The van der Waals surface area contributed by atoms with Crippen molar-refractivity contribution in [2.75, 3.05) is 0 Å². The van der Waals surface area contributed by atoms with Gasteiger partial charge >= 0.3 is 0 Å². The van der Waals surface area contributed by atoms with E-state index in [-0.39, 0.29) is 17.6 Å². The van der Waals surface area contributed by atoms with Crippen molar-refractivity contribution < 1.29 is 20.1 Å². The predicted octanol–water partition coefficient (Wildman–Crippen LogP) is 2.31. The summed E-state index contributed by atoms with van der Waals surface area (Å²) in [6, 6.07) is 0. The van der Waals surface area contributed by atoms with Crippen molar-refractivity contribution in [2.24, 2.45) is 34.0 Å². The maximum atomic E-state index is 12.9. The average Bonchev–Trinajstić information content (AvgIpc) is 2.89. The monoisotopic (exact) mass is 336 g/mol. The number of carbonyl (C=O) groups is 1. The van der Waals surface area contributed by atoms with Crippen LogP contribution in [0, 0.1) is 34.0 Å². The molecule has 3 N–H and O–H groups in total. The molecule has 3 aliphatic rings. The molecule has 3 rings (SSSR count). The van der Waals surface area contributed by atoms with Gasteiger partial charge in [-0.25, -0.2) is 0 Å². The largest absolute Gasteiger partial charge is 0.393 e. The molecule has 0 aliphatic heterocycles. The quantitative estimate of drug-likeness (QED) is 0.642. The molecular weight excluding hydrogens is 304 g/mol. The highest BCUT2D eigenvalue weighted by Gasteiger charge is 2.70. The molecule has 4 heteroatoms. The van der Waals surface area contributed by atoms with E-state index >= 15 is 0 Å². The Labute approximate surface area is 145 Å². The lowest BCUT2D eigenvalue weighted by atomic mass is 9.43. The van der Waals surface area contributed by atoms with Crippen LogP contribution in [0.15, 0.2) is 12.7 Å². The topological polar surface area (TPSA) is 77.8 Å². The first-order valence-corrected chi connectivity index (χ1v) is 9.26. The Morgan fingerprint density at radius 1 is 1.17 bits per heavy atom. The summed E-state index contributed by atoms with van der Waals surface area (Å²) in [5, 5.41) is 33.4. The van der Waals surface area contributed by atoms with Crippen LogP contribution in [0.4, 0.5) is 0 Å². The van der Waals surface area contributed by atoms with Gasteiger partial charge in [-0.3, -0.25) is 4.79 Å². The van der Waals surface area contributed by atoms with Gasteiger partial charge in [0.1, 0.15) is 5.78 Å². The zero-order valence-corrected chi connectivity index (χ0v) is 15.3. The lowest BCUT2D eigenvalue weighted by Crippen LogP contribution is -2.66. The summed E-state index contributed by atoms with van der Waals surface area (Å²) >= 11 is 0. The number of hydrogen-bond donors (Lipinski definition) is 3. The van der Waals surface area contributed by atoms with Crippen molar-refractivity contribution >= 4 is 5.78 Å². The van der Waals surface area contributed by atoms with Crippen molar-refractivity contribution in [3.05, 3.63) is 12.7 Å². The van der Waals surface area contributed by atoms with Crippen LogP contribution < -0.4 is 0 Å². The molecule has 9 atom stereocenters. The van der Waals surface area contributed by atoms with E-state index in [9.17, 15) is 20.1 Å². The van der Waals surface area contributed by atoms with Gasteiger partial charge in [0.25, 0.3) is 0 Å². The maximum Gasteiger partial charge on any atom is 0.137 e. The Morgan fingerprint density at radius 3 is 2.38 bits per heavy atom. The van der Waals surface area contributed by atoms with Crippen LogP contribution in [0.5, 0.6) is 0 Å². The third kappa shape index (κ3) is 1.94. The van der Waals surface area contributed by atoms with E-state index in [2.05, 4.69) is 6.58 Å². The second-order valence-electron chi connectivity index (χ2n) is 9.19. The minimum atomic E-state index is -0.745. The van der Waals surface area contributed by atoms with Crippen molar-refractivity contribution in [1.29, 1.82) is 0 Å². The van der Waals surface area contributed by atoms with Gasteiger partial charge in [0.2, 0.25) is 0 Å². The van der Waals surface area contributed by atoms with Crippen LogP contribution in [0.25, 0.3) is 0 Å². The van der Waals surface area contributed by atoms with Crippen LogP contribution in [-0.4, -0.2) is 39.4 Å². The summed E-state index contributed by atoms with van der Waals surface area (Å²) in [6.07, 6.45) is 1.64. The van der Waals surface area contributed by atoms with Crippen molar-refractivity contribution in [1.82, 2.24) is 0 Å².